The molecule has 3 aromatic rings. The fourth-order valence-electron chi connectivity index (χ4n) is 4.10. The van der Waals surface area contributed by atoms with Gasteiger partial charge in [0.25, 0.3) is 0 Å². The Morgan fingerprint density at radius 2 is 1.67 bits per heavy atom. The number of hydrogen-bond donors (Lipinski definition) is 3. The molecule has 3 N–H and O–H groups in total. The van der Waals surface area contributed by atoms with Gasteiger partial charge in [0.05, 0.1) is 18.0 Å². The van der Waals surface area contributed by atoms with Crippen LogP contribution in [0.1, 0.15) is 17.5 Å². The third-order valence-electron chi connectivity index (χ3n) is 6.04. The number of carboxylic acids is 2. The van der Waals surface area contributed by atoms with Crippen LogP contribution in [-0.2, 0) is 32.2 Å². The molecule has 0 bridgehead atoms. The molecular weight excluding hydrogens is 522 g/mol. The topological polar surface area (TPSA) is 137 Å². The van der Waals surface area contributed by atoms with Crippen LogP contribution in [-0.4, -0.2) is 101 Å². The van der Waals surface area contributed by atoms with Crippen LogP contribution in [0.15, 0.2) is 54.0 Å². The monoisotopic (exact) mass is 557 g/mol. The minimum atomic E-state index is -1.82. The Balaban J connectivity index is 0.000000631. The van der Waals surface area contributed by atoms with Crippen LogP contribution in [0.25, 0.3) is 10.6 Å². The van der Waals surface area contributed by atoms with Gasteiger partial charge in [-0.15, -0.1) is 11.3 Å². The van der Waals surface area contributed by atoms with E-state index in [1.807, 2.05) is 6.07 Å². The lowest BCUT2D eigenvalue weighted by molar-refractivity contribution is -0.159. The number of piperazine rings is 1. The second kappa shape index (κ2) is 15.7. The SMILES string of the molecule is COCCCNC(=O)CN1CCN(Cc2cn(Cc3ccccc3)nc2-c2cccs2)CC1.O=C(O)C(=O)O. The normalized spacial score (nSPS) is 13.9. The summed E-state index contributed by atoms with van der Waals surface area (Å²) in [6, 6.07) is 14.7. The Morgan fingerprint density at radius 1 is 0.974 bits per heavy atom. The van der Waals surface area contributed by atoms with E-state index in [2.05, 4.69) is 67.8 Å². The van der Waals surface area contributed by atoms with Crippen molar-refractivity contribution in [3.8, 4) is 10.6 Å². The summed E-state index contributed by atoms with van der Waals surface area (Å²) in [5.74, 6) is -3.55. The molecule has 3 heterocycles. The zero-order chi connectivity index (χ0) is 28.0. The minimum Gasteiger partial charge on any atom is -0.473 e. The number of hydrogen-bond acceptors (Lipinski definition) is 8. The number of nitrogens with one attached hydrogen (secondary N) is 1. The molecule has 1 aliphatic heterocycles. The van der Waals surface area contributed by atoms with Crippen molar-refractivity contribution in [2.75, 3.05) is 53.0 Å². The number of aliphatic carboxylic acids is 2. The largest absolute Gasteiger partial charge is 0.473 e. The zero-order valence-electron chi connectivity index (χ0n) is 22.0. The summed E-state index contributed by atoms with van der Waals surface area (Å²) in [5, 5.41) is 24.8. The van der Waals surface area contributed by atoms with Crippen molar-refractivity contribution in [2.24, 2.45) is 0 Å². The molecule has 4 rings (SSSR count). The first kappa shape index (κ1) is 30.0. The number of nitrogens with zero attached hydrogens (tertiary/aromatic N) is 4. The molecule has 0 saturated carbocycles. The highest BCUT2D eigenvalue weighted by Crippen LogP contribution is 2.28. The first-order chi connectivity index (χ1) is 18.9. The highest BCUT2D eigenvalue weighted by atomic mass is 32.1. The zero-order valence-corrected chi connectivity index (χ0v) is 22.8. The van der Waals surface area contributed by atoms with E-state index in [1.165, 1.54) is 16.0 Å². The number of carboxylic acid groups (broad SMARTS) is 2. The lowest BCUT2D eigenvalue weighted by Crippen LogP contribution is -2.49. The van der Waals surface area contributed by atoms with Crippen molar-refractivity contribution in [1.82, 2.24) is 24.9 Å². The summed E-state index contributed by atoms with van der Waals surface area (Å²) in [6.07, 6.45) is 3.04. The fraction of sp³-hybridized carbons (Fsp3) is 0.407. The number of ether oxygens (including phenoxy) is 1. The quantitative estimate of drug-likeness (QED) is 0.239. The van der Waals surface area contributed by atoms with E-state index in [-0.39, 0.29) is 5.91 Å². The van der Waals surface area contributed by atoms with Crippen molar-refractivity contribution in [2.45, 2.75) is 19.5 Å². The van der Waals surface area contributed by atoms with Crippen LogP contribution in [0, 0.1) is 0 Å². The molecule has 2 aromatic heterocycles. The molecule has 1 saturated heterocycles. The highest BCUT2D eigenvalue weighted by molar-refractivity contribution is 7.13. The Hall–Kier alpha value is -3.58. The van der Waals surface area contributed by atoms with E-state index in [1.54, 1.807) is 18.4 Å². The molecule has 11 nitrogen and oxygen atoms in total. The van der Waals surface area contributed by atoms with Crippen molar-refractivity contribution in [3.05, 3.63) is 65.2 Å². The Labute approximate surface area is 231 Å². The predicted molar refractivity (Wildman–Crippen MR) is 148 cm³/mol. The number of thiophene rings is 1. The number of carbonyl (C=O) groups is 3. The molecular formula is C27H35N5O6S. The van der Waals surface area contributed by atoms with E-state index in [4.69, 9.17) is 29.6 Å². The third kappa shape index (κ3) is 10.2. The summed E-state index contributed by atoms with van der Waals surface area (Å²) in [4.78, 5) is 36.3. The van der Waals surface area contributed by atoms with Crippen LogP contribution in [0.4, 0.5) is 0 Å². The fourth-order valence-corrected chi connectivity index (χ4v) is 4.84. The second-order valence-corrected chi connectivity index (χ2v) is 9.97. The average molecular weight is 558 g/mol. The van der Waals surface area contributed by atoms with Gasteiger partial charge in [0, 0.05) is 64.7 Å². The van der Waals surface area contributed by atoms with E-state index < -0.39 is 11.9 Å². The first-order valence-electron chi connectivity index (χ1n) is 12.7. The van der Waals surface area contributed by atoms with Gasteiger partial charge in [0.2, 0.25) is 5.91 Å². The molecule has 0 aliphatic carbocycles. The van der Waals surface area contributed by atoms with Crippen molar-refractivity contribution in [3.63, 3.8) is 0 Å². The predicted octanol–water partition coefficient (Wildman–Crippen LogP) is 2.09. The van der Waals surface area contributed by atoms with Crippen LogP contribution in [0.3, 0.4) is 0 Å². The lowest BCUT2D eigenvalue weighted by Gasteiger charge is -2.34. The van der Waals surface area contributed by atoms with Gasteiger partial charge in [0.15, 0.2) is 0 Å². The molecule has 0 unspecified atom stereocenters. The van der Waals surface area contributed by atoms with E-state index in [0.717, 1.165) is 51.4 Å². The van der Waals surface area contributed by atoms with Gasteiger partial charge in [-0.05, 0) is 23.4 Å². The third-order valence-corrected chi connectivity index (χ3v) is 6.91. The molecule has 0 spiro atoms. The standard InChI is InChI=1S/C25H33N5O2S.C2H2O4/c1-32-15-6-10-26-24(31)20-29-13-11-28(12-14-29)18-22-19-30(17-21-7-3-2-4-8-21)27-25(22)23-9-5-16-33-23;3-1(4)2(5)6/h2-5,7-9,16,19H,6,10-15,17-18,20H2,1H3,(H,26,31);(H,3,4)(H,5,6). The maximum atomic E-state index is 12.2. The summed E-state index contributed by atoms with van der Waals surface area (Å²) in [6.45, 7) is 7.16. The van der Waals surface area contributed by atoms with Crippen molar-refractivity contribution < 1.29 is 29.3 Å². The molecule has 1 fully saturated rings. The van der Waals surface area contributed by atoms with E-state index in [9.17, 15) is 4.79 Å². The number of methoxy groups -OCH3 is 1. The summed E-state index contributed by atoms with van der Waals surface area (Å²) >= 11 is 1.73. The Morgan fingerprint density at radius 3 is 2.28 bits per heavy atom. The molecule has 12 heteroatoms. The number of benzene rings is 1. The molecule has 0 radical (unpaired) electrons. The molecule has 210 valence electrons. The number of carbonyl (C=O) groups excluding carboxylic acids is 1. The Kier molecular flexibility index (Phi) is 12.1. The van der Waals surface area contributed by atoms with Crippen LogP contribution >= 0.6 is 11.3 Å². The summed E-state index contributed by atoms with van der Waals surface area (Å²) in [7, 11) is 1.68. The van der Waals surface area contributed by atoms with Crippen LogP contribution in [0.5, 0.6) is 0 Å². The van der Waals surface area contributed by atoms with Gasteiger partial charge in [-0.25, -0.2) is 9.59 Å². The average Bonchev–Trinajstić information content (AvgIpc) is 3.59. The number of amides is 1. The van der Waals surface area contributed by atoms with Crippen LogP contribution < -0.4 is 5.32 Å². The lowest BCUT2D eigenvalue weighted by atomic mass is 10.2. The number of aromatic nitrogens is 2. The highest BCUT2D eigenvalue weighted by Gasteiger charge is 2.21. The van der Waals surface area contributed by atoms with Gasteiger partial charge in [0.1, 0.15) is 5.69 Å². The van der Waals surface area contributed by atoms with Gasteiger partial charge in [-0.3, -0.25) is 19.3 Å². The summed E-state index contributed by atoms with van der Waals surface area (Å²) in [5.41, 5.74) is 3.59. The number of rotatable bonds is 11. The van der Waals surface area contributed by atoms with Crippen molar-refractivity contribution >= 4 is 29.2 Å². The van der Waals surface area contributed by atoms with Gasteiger partial charge >= 0.3 is 11.9 Å². The first-order valence-corrected chi connectivity index (χ1v) is 13.5. The minimum absolute atomic E-state index is 0.0988. The Bertz CT molecular complexity index is 1160. The van der Waals surface area contributed by atoms with Gasteiger partial charge < -0.3 is 20.3 Å². The molecule has 1 aliphatic rings. The van der Waals surface area contributed by atoms with Gasteiger partial charge in [-0.2, -0.15) is 5.10 Å². The van der Waals surface area contributed by atoms with Crippen LogP contribution in [0.2, 0.25) is 0 Å². The van der Waals surface area contributed by atoms with Gasteiger partial charge in [-0.1, -0.05) is 36.4 Å². The smallest absolute Gasteiger partial charge is 0.414 e. The van der Waals surface area contributed by atoms with Crippen molar-refractivity contribution in [1.29, 1.82) is 0 Å². The second-order valence-electron chi connectivity index (χ2n) is 9.02. The maximum absolute atomic E-state index is 12.2. The summed E-state index contributed by atoms with van der Waals surface area (Å²) < 4.78 is 7.08. The maximum Gasteiger partial charge on any atom is 0.414 e. The van der Waals surface area contributed by atoms with E-state index in [0.29, 0.717) is 19.7 Å². The van der Waals surface area contributed by atoms with E-state index >= 15 is 0 Å². The molecule has 1 amide bonds. The molecule has 1 aromatic carbocycles. The molecule has 0 atom stereocenters. The molecule has 39 heavy (non-hydrogen) atoms.